The average molecular weight is 376 g/mol. The number of nitrogens with zero attached hydrogens (tertiary/aromatic N) is 3. The number of hydrogen-bond acceptors (Lipinski definition) is 5. The molecular formula is C22H24N4O2. The molecule has 2 N–H and O–H groups in total. The van der Waals surface area contributed by atoms with Crippen molar-refractivity contribution < 1.29 is 9.53 Å². The van der Waals surface area contributed by atoms with E-state index in [0.29, 0.717) is 16.9 Å². The van der Waals surface area contributed by atoms with Gasteiger partial charge in [-0.15, -0.1) is 0 Å². The molecular weight excluding hydrogens is 352 g/mol. The molecule has 2 heterocycles. The van der Waals surface area contributed by atoms with Crippen molar-refractivity contribution in [2.45, 2.75) is 31.7 Å². The molecule has 0 spiro atoms. The van der Waals surface area contributed by atoms with Crippen molar-refractivity contribution in [2.24, 2.45) is 0 Å². The minimum atomic E-state index is 0.0294. The lowest BCUT2D eigenvalue weighted by atomic mass is 9.99. The molecule has 0 radical (unpaired) electrons. The summed E-state index contributed by atoms with van der Waals surface area (Å²) in [5.41, 5.74) is 8.37. The molecule has 0 bridgehead atoms. The number of benzene rings is 2. The van der Waals surface area contributed by atoms with Crippen LogP contribution in [0.5, 0.6) is 5.75 Å². The lowest BCUT2D eigenvalue weighted by Gasteiger charge is -2.31. The Morgan fingerprint density at radius 3 is 2.71 bits per heavy atom. The second kappa shape index (κ2) is 7.84. The minimum absolute atomic E-state index is 0.0294. The molecule has 1 amide bonds. The molecule has 28 heavy (non-hydrogen) atoms. The zero-order valence-corrected chi connectivity index (χ0v) is 16.0. The summed E-state index contributed by atoms with van der Waals surface area (Å²) >= 11 is 0. The standard InChI is InChI=1S/C22H24N4O2/c1-28-17-9-6-15(7-10-17)20-5-3-2-4-12-26(20)22(27)16-8-11-18-19(13-16)24-14-25-21(18)23/h6-11,13-14,20H,2-5,12H2,1H3,(H2,23,24,25). The van der Waals surface area contributed by atoms with Crippen molar-refractivity contribution >= 4 is 22.6 Å². The molecule has 2 aromatic carbocycles. The summed E-state index contributed by atoms with van der Waals surface area (Å²) in [4.78, 5) is 23.7. The highest BCUT2D eigenvalue weighted by Crippen LogP contribution is 2.32. The van der Waals surface area contributed by atoms with Crippen LogP contribution in [0.3, 0.4) is 0 Å². The number of carbonyl (C=O) groups is 1. The third-order valence-corrected chi connectivity index (χ3v) is 5.43. The fourth-order valence-electron chi connectivity index (χ4n) is 3.90. The second-order valence-electron chi connectivity index (χ2n) is 7.13. The molecule has 0 aliphatic carbocycles. The number of likely N-dealkylation sites (tertiary alicyclic amines) is 1. The van der Waals surface area contributed by atoms with E-state index in [9.17, 15) is 4.79 Å². The Morgan fingerprint density at radius 1 is 1.11 bits per heavy atom. The van der Waals surface area contributed by atoms with Crippen LogP contribution in [-0.2, 0) is 0 Å². The number of anilines is 1. The molecule has 1 aromatic heterocycles. The predicted octanol–water partition coefficient (Wildman–Crippen LogP) is 3.98. The molecule has 1 fully saturated rings. The van der Waals surface area contributed by atoms with E-state index in [2.05, 4.69) is 22.1 Å². The smallest absolute Gasteiger partial charge is 0.254 e. The summed E-state index contributed by atoms with van der Waals surface area (Å²) < 4.78 is 5.27. The second-order valence-corrected chi connectivity index (χ2v) is 7.13. The first kappa shape index (κ1) is 18.2. The SMILES string of the molecule is COc1ccc(C2CCCCCN2C(=O)c2ccc3c(N)ncnc3c2)cc1. The van der Waals surface area contributed by atoms with Crippen LogP contribution in [0.15, 0.2) is 48.8 Å². The Labute approximate surface area is 164 Å². The van der Waals surface area contributed by atoms with Crippen molar-refractivity contribution in [1.82, 2.24) is 14.9 Å². The number of rotatable bonds is 3. The lowest BCUT2D eigenvalue weighted by molar-refractivity contribution is 0.0681. The van der Waals surface area contributed by atoms with Crippen molar-refractivity contribution in [2.75, 3.05) is 19.4 Å². The van der Waals surface area contributed by atoms with E-state index in [1.807, 2.05) is 35.2 Å². The molecule has 1 saturated heterocycles. The molecule has 1 atom stereocenters. The number of ether oxygens (including phenoxy) is 1. The van der Waals surface area contributed by atoms with E-state index in [1.54, 1.807) is 7.11 Å². The van der Waals surface area contributed by atoms with E-state index >= 15 is 0 Å². The average Bonchev–Trinajstić information content (AvgIpc) is 2.99. The molecule has 3 aromatic rings. The van der Waals surface area contributed by atoms with Gasteiger partial charge < -0.3 is 15.4 Å². The molecule has 1 aliphatic heterocycles. The largest absolute Gasteiger partial charge is 0.497 e. The first-order valence-electron chi connectivity index (χ1n) is 9.62. The Morgan fingerprint density at radius 2 is 1.93 bits per heavy atom. The molecule has 144 valence electrons. The fraction of sp³-hybridized carbons (Fsp3) is 0.318. The van der Waals surface area contributed by atoms with E-state index in [0.717, 1.165) is 48.9 Å². The van der Waals surface area contributed by atoms with Gasteiger partial charge in [-0.2, -0.15) is 0 Å². The maximum Gasteiger partial charge on any atom is 0.254 e. The number of fused-ring (bicyclic) bond motifs is 1. The Hall–Kier alpha value is -3.15. The first-order valence-corrected chi connectivity index (χ1v) is 9.62. The molecule has 1 unspecified atom stereocenters. The summed E-state index contributed by atoms with van der Waals surface area (Å²) in [5, 5.41) is 0.765. The number of nitrogen functional groups attached to an aromatic ring is 1. The third kappa shape index (κ3) is 3.50. The van der Waals surface area contributed by atoms with Gasteiger partial charge in [0.2, 0.25) is 0 Å². The Bertz CT molecular complexity index is 987. The molecule has 4 rings (SSSR count). The van der Waals surface area contributed by atoms with Crippen LogP contribution in [-0.4, -0.2) is 34.4 Å². The van der Waals surface area contributed by atoms with Gasteiger partial charge in [0.25, 0.3) is 5.91 Å². The van der Waals surface area contributed by atoms with E-state index in [4.69, 9.17) is 10.5 Å². The monoisotopic (exact) mass is 376 g/mol. The van der Waals surface area contributed by atoms with E-state index in [1.165, 1.54) is 6.33 Å². The maximum atomic E-state index is 13.4. The molecule has 6 nitrogen and oxygen atoms in total. The Kier molecular flexibility index (Phi) is 5.10. The number of nitrogens with two attached hydrogens (primary N) is 1. The highest BCUT2D eigenvalue weighted by Gasteiger charge is 2.27. The summed E-state index contributed by atoms with van der Waals surface area (Å²) in [5.74, 6) is 1.28. The molecule has 1 aliphatic rings. The minimum Gasteiger partial charge on any atom is -0.497 e. The quantitative estimate of drug-likeness (QED) is 0.748. The van der Waals surface area contributed by atoms with Gasteiger partial charge in [-0.25, -0.2) is 9.97 Å². The maximum absolute atomic E-state index is 13.4. The summed E-state index contributed by atoms with van der Waals surface area (Å²) in [6.45, 7) is 0.749. The van der Waals surface area contributed by atoms with Gasteiger partial charge in [-0.1, -0.05) is 25.0 Å². The predicted molar refractivity (Wildman–Crippen MR) is 109 cm³/mol. The number of amides is 1. The van der Waals surface area contributed by atoms with Crippen molar-refractivity contribution in [3.63, 3.8) is 0 Å². The van der Waals surface area contributed by atoms with Gasteiger partial charge in [0, 0.05) is 17.5 Å². The van der Waals surface area contributed by atoms with Crippen LogP contribution in [0, 0.1) is 0 Å². The van der Waals surface area contributed by atoms with Crippen LogP contribution in [0.4, 0.5) is 5.82 Å². The van der Waals surface area contributed by atoms with Crippen molar-refractivity contribution in [3.05, 3.63) is 59.9 Å². The summed E-state index contributed by atoms with van der Waals surface area (Å²) in [6, 6.07) is 13.6. The number of carbonyl (C=O) groups excluding carboxylic acids is 1. The van der Waals surface area contributed by atoms with Crippen LogP contribution < -0.4 is 10.5 Å². The zero-order chi connectivity index (χ0) is 19.5. The topological polar surface area (TPSA) is 81.3 Å². The zero-order valence-electron chi connectivity index (χ0n) is 16.0. The normalized spacial score (nSPS) is 17.3. The van der Waals surface area contributed by atoms with Crippen LogP contribution in [0.2, 0.25) is 0 Å². The van der Waals surface area contributed by atoms with Gasteiger partial charge in [0.05, 0.1) is 18.7 Å². The van der Waals surface area contributed by atoms with Gasteiger partial charge >= 0.3 is 0 Å². The highest BCUT2D eigenvalue weighted by atomic mass is 16.5. The first-order chi connectivity index (χ1) is 13.7. The summed E-state index contributed by atoms with van der Waals surface area (Å²) in [6.07, 6.45) is 5.65. The summed E-state index contributed by atoms with van der Waals surface area (Å²) in [7, 11) is 1.66. The van der Waals surface area contributed by atoms with E-state index < -0.39 is 0 Å². The number of methoxy groups -OCH3 is 1. The van der Waals surface area contributed by atoms with Gasteiger partial charge in [0.15, 0.2) is 0 Å². The molecule has 6 heteroatoms. The lowest BCUT2D eigenvalue weighted by Crippen LogP contribution is -2.34. The van der Waals surface area contributed by atoms with Crippen molar-refractivity contribution in [1.29, 1.82) is 0 Å². The van der Waals surface area contributed by atoms with Crippen LogP contribution >= 0.6 is 0 Å². The number of hydrogen-bond donors (Lipinski definition) is 1. The Balaban J connectivity index is 1.68. The highest BCUT2D eigenvalue weighted by molar-refractivity contribution is 5.99. The van der Waals surface area contributed by atoms with E-state index in [-0.39, 0.29) is 11.9 Å². The van der Waals surface area contributed by atoms with Crippen LogP contribution in [0.1, 0.15) is 47.6 Å². The molecule has 0 saturated carbocycles. The van der Waals surface area contributed by atoms with Gasteiger partial charge in [0.1, 0.15) is 17.9 Å². The van der Waals surface area contributed by atoms with Crippen LogP contribution in [0.25, 0.3) is 10.9 Å². The number of aromatic nitrogens is 2. The van der Waals surface area contributed by atoms with Gasteiger partial charge in [-0.3, -0.25) is 4.79 Å². The van der Waals surface area contributed by atoms with Crippen molar-refractivity contribution in [3.8, 4) is 5.75 Å². The van der Waals surface area contributed by atoms with Gasteiger partial charge in [-0.05, 0) is 48.7 Å². The fourth-order valence-corrected chi connectivity index (χ4v) is 3.90. The third-order valence-electron chi connectivity index (χ3n) is 5.43.